The Kier molecular flexibility index (Phi) is 6.74. The number of fused-ring (bicyclic) bond motifs is 1. The van der Waals surface area contributed by atoms with E-state index in [0.29, 0.717) is 6.79 Å². The van der Waals surface area contributed by atoms with Crippen molar-refractivity contribution in [1.82, 2.24) is 15.6 Å². The fourth-order valence-electron chi connectivity index (χ4n) is 3.94. The lowest BCUT2D eigenvalue weighted by molar-refractivity contribution is 0.0513. The van der Waals surface area contributed by atoms with Crippen LogP contribution < -0.4 is 20.1 Å². The Hall–Kier alpha value is -2.32. The van der Waals surface area contributed by atoms with Gasteiger partial charge in [0.05, 0.1) is 5.01 Å². The van der Waals surface area contributed by atoms with Crippen LogP contribution >= 0.6 is 11.3 Å². The predicted molar refractivity (Wildman–Crippen MR) is 119 cm³/mol. The summed E-state index contributed by atoms with van der Waals surface area (Å²) in [5.41, 5.74) is 1.23. The monoisotopic (exact) mass is 430 g/mol. The fraction of sp³-hybridized carbons (Fsp3) is 0.545. The Morgan fingerprint density at radius 1 is 1.20 bits per heavy atom. The fourth-order valence-corrected chi connectivity index (χ4v) is 4.81. The van der Waals surface area contributed by atoms with Gasteiger partial charge in [-0.1, -0.05) is 13.0 Å². The molecule has 1 aromatic heterocycles. The van der Waals surface area contributed by atoms with E-state index < -0.39 is 0 Å². The second kappa shape index (κ2) is 9.66. The maximum atomic E-state index is 5.66. The van der Waals surface area contributed by atoms with Gasteiger partial charge in [-0.05, 0) is 37.0 Å². The van der Waals surface area contributed by atoms with Crippen LogP contribution in [0.1, 0.15) is 35.2 Å². The third kappa shape index (κ3) is 4.70. The van der Waals surface area contributed by atoms with Crippen LogP contribution in [0.15, 0.2) is 29.4 Å². The Bertz CT molecular complexity index is 877. The van der Waals surface area contributed by atoms with Gasteiger partial charge in [0.2, 0.25) is 6.79 Å². The summed E-state index contributed by atoms with van der Waals surface area (Å²) in [5.74, 6) is 2.46. The number of aryl methyl sites for hydroxylation is 1. The molecular formula is C22H30N4O3S. The minimum atomic E-state index is -0.0256. The van der Waals surface area contributed by atoms with Gasteiger partial charge in [0.15, 0.2) is 17.5 Å². The maximum absolute atomic E-state index is 5.66. The van der Waals surface area contributed by atoms with Crippen LogP contribution in [0.5, 0.6) is 11.5 Å². The molecule has 8 heteroatoms. The number of aromatic nitrogens is 1. The third-order valence-electron chi connectivity index (χ3n) is 5.83. The highest BCUT2D eigenvalue weighted by Crippen LogP contribution is 2.40. The first-order valence-corrected chi connectivity index (χ1v) is 11.4. The van der Waals surface area contributed by atoms with E-state index in [9.17, 15) is 0 Å². The average Bonchev–Trinajstić information content (AvgIpc) is 3.45. The van der Waals surface area contributed by atoms with E-state index in [-0.39, 0.29) is 5.41 Å². The minimum Gasteiger partial charge on any atom is -0.454 e. The van der Waals surface area contributed by atoms with E-state index >= 15 is 0 Å². The van der Waals surface area contributed by atoms with Crippen molar-refractivity contribution >= 4 is 17.3 Å². The summed E-state index contributed by atoms with van der Waals surface area (Å²) >= 11 is 1.79. The van der Waals surface area contributed by atoms with Crippen LogP contribution in [0, 0.1) is 0 Å². The number of aliphatic imine (C=N–C) groups is 1. The van der Waals surface area contributed by atoms with Crippen LogP contribution in [0.25, 0.3) is 0 Å². The first-order valence-electron chi connectivity index (χ1n) is 10.6. The Labute approximate surface area is 181 Å². The van der Waals surface area contributed by atoms with Gasteiger partial charge in [0.25, 0.3) is 0 Å². The molecule has 0 atom stereocenters. The molecule has 2 aliphatic heterocycles. The summed E-state index contributed by atoms with van der Waals surface area (Å²) in [6, 6.07) is 6.30. The van der Waals surface area contributed by atoms with Crippen LogP contribution in [0.2, 0.25) is 0 Å². The lowest BCUT2D eigenvalue weighted by Crippen LogP contribution is -2.48. The van der Waals surface area contributed by atoms with Gasteiger partial charge in [-0.15, -0.1) is 11.3 Å². The largest absolute Gasteiger partial charge is 0.454 e. The molecule has 1 saturated heterocycles. The maximum Gasteiger partial charge on any atom is 0.231 e. The molecule has 3 heterocycles. The van der Waals surface area contributed by atoms with Gasteiger partial charge in [-0.2, -0.15) is 0 Å². The number of hydrogen-bond donors (Lipinski definition) is 2. The molecule has 0 bridgehead atoms. The lowest BCUT2D eigenvalue weighted by atomic mass is 9.74. The van der Waals surface area contributed by atoms with Crippen molar-refractivity contribution in [2.45, 2.75) is 38.0 Å². The first kappa shape index (κ1) is 20.9. The third-order valence-corrected chi connectivity index (χ3v) is 7.04. The van der Waals surface area contributed by atoms with Gasteiger partial charge in [0.1, 0.15) is 0 Å². The van der Waals surface area contributed by atoms with Gasteiger partial charge in [0, 0.05) is 56.3 Å². The molecule has 2 aromatic rings. The molecule has 0 aliphatic carbocycles. The van der Waals surface area contributed by atoms with E-state index in [1.807, 2.05) is 19.3 Å². The van der Waals surface area contributed by atoms with Crippen molar-refractivity contribution in [3.8, 4) is 11.5 Å². The number of guanidine groups is 1. The summed E-state index contributed by atoms with van der Waals surface area (Å²) < 4.78 is 16.8. The minimum absolute atomic E-state index is 0.0256. The SMILES string of the molecule is CCc1cnc(CCNC(=NC)NCC2(c3ccc4c(c3)OCO4)CCOCC2)s1. The first-order chi connectivity index (χ1) is 14.7. The van der Waals surface area contributed by atoms with E-state index in [4.69, 9.17) is 14.2 Å². The molecule has 162 valence electrons. The van der Waals surface area contributed by atoms with Crippen molar-refractivity contribution in [2.75, 3.05) is 40.1 Å². The van der Waals surface area contributed by atoms with Crippen molar-refractivity contribution < 1.29 is 14.2 Å². The topological polar surface area (TPSA) is 77.0 Å². The van der Waals surface area contributed by atoms with Gasteiger partial charge in [-0.3, -0.25) is 4.99 Å². The number of rotatable bonds is 7. The van der Waals surface area contributed by atoms with Crippen molar-refractivity contribution in [3.05, 3.63) is 39.8 Å². The highest BCUT2D eigenvalue weighted by atomic mass is 32.1. The summed E-state index contributed by atoms with van der Waals surface area (Å²) in [7, 11) is 1.81. The van der Waals surface area contributed by atoms with E-state index in [1.54, 1.807) is 11.3 Å². The highest BCUT2D eigenvalue weighted by molar-refractivity contribution is 7.11. The quantitative estimate of drug-likeness (QED) is 0.520. The van der Waals surface area contributed by atoms with Crippen LogP contribution in [-0.2, 0) is 23.0 Å². The number of nitrogens with zero attached hydrogens (tertiary/aromatic N) is 2. The smallest absolute Gasteiger partial charge is 0.231 e. The molecule has 1 fully saturated rings. The number of ether oxygens (including phenoxy) is 3. The summed E-state index contributed by atoms with van der Waals surface area (Å²) in [4.78, 5) is 10.2. The second-order valence-corrected chi connectivity index (χ2v) is 8.84. The molecule has 1 aromatic carbocycles. The molecule has 2 aliphatic rings. The Morgan fingerprint density at radius 2 is 2.03 bits per heavy atom. The number of hydrogen-bond acceptors (Lipinski definition) is 6. The summed E-state index contributed by atoms with van der Waals surface area (Å²) in [6.45, 7) is 5.55. The number of nitrogens with one attached hydrogen (secondary N) is 2. The second-order valence-electron chi connectivity index (χ2n) is 7.64. The van der Waals surface area contributed by atoms with Crippen LogP contribution in [0.4, 0.5) is 0 Å². The highest BCUT2D eigenvalue weighted by Gasteiger charge is 2.35. The van der Waals surface area contributed by atoms with E-state index in [1.165, 1.54) is 10.4 Å². The Morgan fingerprint density at radius 3 is 2.80 bits per heavy atom. The molecule has 30 heavy (non-hydrogen) atoms. The van der Waals surface area contributed by atoms with Crippen molar-refractivity contribution in [2.24, 2.45) is 4.99 Å². The zero-order valence-corrected chi connectivity index (χ0v) is 18.5. The van der Waals surface area contributed by atoms with Gasteiger partial charge >= 0.3 is 0 Å². The summed E-state index contributed by atoms with van der Waals surface area (Å²) in [5, 5.41) is 8.13. The molecule has 0 spiro atoms. The number of thiazole rings is 1. The number of benzene rings is 1. The molecular weight excluding hydrogens is 400 g/mol. The summed E-state index contributed by atoms with van der Waals surface area (Å²) in [6.07, 6.45) is 5.82. The zero-order valence-electron chi connectivity index (χ0n) is 17.7. The van der Waals surface area contributed by atoms with Gasteiger partial charge < -0.3 is 24.8 Å². The predicted octanol–water partition coefficient (Wildman–Crippen LogP) is 2.89. The zero-order chi connectivity index (χ0) is 20.8. The van der Waals surface area contributed by atoms with Crippen LogP contribution in [-0.4, -0.2) is 51.1 Å². The Balaban J connectivity index is 1.38. The normalized spacial score (nSPS) is 17.7. The van der Waals surface area contributed by atoms with Gasteiger partial charge in [-0.25, -0.2) is 4.98 Å². The molecule has 2 N–H and O–H groups in total. The van der Waals surface area contributed by atoms with Crippen LogP contribution in [0.3, 0.4) is 0 Å². The molecule has 0 amide bonds. The average molecular weight is 431 g/mol. The molecule has 4 rings (SSSR count). The lowest BCUT2D eigenvalue weighted by Gasteiger charge is -2.38. The standard InChI is InChI=1S/C22H30N4O3S/c1-3-17-13-25-20(30-17)6-9-24-21(23-2)26-14-22(7-10-27-11-8-22)16-4-5-18-19(12-16)29-15-28-18/h4-5,12-13H,3,6-11,14-15H2,1-2H3,(H2,23,24,26). The molecule has 0 radical (unpaired) electrons. The van der Waals surface area contributed by atoms with E-state index in [2.05, 4.69) is 39.7 Å². The molecule has 7 nitrogen and oxygen atoms in total. The van der Waals surface area contributed by atoms with E-state index in [0.717, 1.165) is 74.5 Å². The van der Waals surface area contributed by atoms with Crippen molar-refractivity contribution in [1.29, 1.82) is 0 Å². The molecule has 0 unspecified atom stereocenters. The molecule has 0 saturated carbocycles. The van der Waals surface area contributed by atoms with Crippen molar-refractivity contribution in [3.63, 3.8) is 0 Å².